The molecule has 4 aliphatic rings. The minimum atomic E-state index is -0.262. The van der Waals surface area contributed by atoms with Crippen molar-refractivity contribution in [1.82, 2.24) is 0 Å². The fraction of sp³-hybridized carbons (Fsp3) is 0.194. The van der Waals surface area contributed by atoms with Crippen molar-refractivity contribution in [2.45, 2.75) is 77.0 Å². The van der Waals surface area contributed by atoms with Gasteiger partial charge in [0, 0.05) is 43.8 Å². The predicted octanol–water partition coefficient (Wildman–Crippen LogP) is 16.8. The average Bonchev–Trinajstić information content (AvgIpc) is 3.30. The van der Waals surface area contributed by atoms with Crippen LogP contribution in [0.15, 0.2) is 170 Å². The SMILES string of the molecule is CC1(C)c2ccccc2N(c2ccccc2)c2c1cc1c3c(cccc23)C(C)(C)c2cc3c(cc2-1)C(C)(C)c1cccc2c4c(cc-3c12)C(C)(C)c1ccccc1N4c1ccccc1. The number of rotatable bonds is 2. The first-order valence-electron chi connectivity index (χ1n) is 23.1. The highest BCUT2D eigenvalue weighted by atomic mass is 15.2. The van der Waals surface area contributed by atoms with Gasteiger partial charge in [0.1, 0.15) is 0 Å². The highest BCUT2D eigenvalue weighted by Gasteiger charge is 2.45. The van der Waals surface area contributed by atoms with E-state index in [1.54, 1.807) is 0 Å². The van der Waals surface area contributed by atoms with Gasteiger partial charge in [0.05, 0.1) is 22.7 Å². The van der Waals surface area contributed by atoms with Crippen molar-refractivity contribution in [2.75, 3.05) is 9.80 Å². The van der Waals surface area contributed by atoms with Crippen LogP contribution in [0.25, 0.3) is 43.8 Å². The molecule has 2 nitrogen and oxygen atoms in total. The maximum absolute atomic E-state index is 2.63. The fourth-order valence-corrected chi connectivity index (χ4v) is 12.8. The van der Waals surface area contributed by atoms with Crippen LogP contribution in [-0.4, -0.2) is 0 Å². The van der Waals surface area contributed by atoms with Crippen molar-refractivity contribution in [1.29, 1.82) is 0 Å². The molecule has 0 radical (unpaired) electrons. The van der Waals surface area contributed by atoms with Crippen LogP contribution in [-0.2, 0) is 21.7 Å². The van der Waals surface area contributed by atoms with Crippen molar-refractivity contribution < 1.29 is 0 Å². The molecule has 2 aliphatic carbocycles. The van der Waals surface area contributed by atoms with E-state index in [4.69, 9.17) is 0 Å². The maximum atomic E-state index is 2.63. The van der Waals surface area contributed by atoms with Gasteiger partial charge in [-0.2, -0.15) is 0 Å². The van der Waals surface area contributed by atoms with Gasteiger partial charge in [-0.3, -0.25) is 0 Å². The molecule has 0 saturated carbocycles. The first-order chi connectivity index (χ1) is 30.8. The largest absolute Gasteiger partial charge is 0.309 e. The van der Waals surface area contributed by atoms with E-state index in [1.165, 1.54) is 122 Å². The average molecular weight is 825 g/mol. The second kappa shape index (κ2) is 12.4. The second-order valence-corrected chi connectivity index (χ2v) is 20.9. The Bertz CT molecular complexity index is 3260. The summed E-state index contributed by atoms with van der Waals surface area (Å²) in [5, 5.41) is 5.39. The molecule has 9 aromatic rings. The summed E-state index contributed by atoms with van der Waals surface area (Å²) in [6, 6.07) is 64.7. The number of benzene rings is 9. The first-order valence-corrected chi connectivity index (χ1v) is 23.1. The van der Waals surface area contributed by atoms with Crippen LogP contribution in [0.4, 0.5) is 34.1 Å². The third-order valence-corrected chi connectivity index (χ3v) is 16.2. The molecule has 0 fully saturated rings. The molecular weight excluding hydrogens is 773 g/mol. The Morgan fingerprint density at radius 2 is 0.609 bits per heavy atom. The van der Waals surface area contributed by atoms with Crippen LogP contribution in [0.3, 0.4) is 0 Å². The number of hydrogen-bond acceptors (Lipinski definition) is 2. The summed E-state index contributed by atoms with van der Waals surface area (Å²) in [7, 11) is 0. The zero-order chi connectivity index (χ0) is 43.7. The van der Waals surface area contributed by atoms with E-state index < -0.39 is 0 Å². The van der Waals surface area contributed by atoms with Gasteiger partial charge >= 0.3 is 0 Å². The lowest BCUT2D eigenvalue weighted by atomic mass is 9.61. The highest BCUT2D eigenvalue weighted by Crippen LogP contribution is 2.63. The van der Waals surface area contributed by atoms with Crippen LogP contribution in [0.2, 0.25) is 0 Å². The molecule has 0 atom stereocenters. The molecule has 64 heavy (non-hydrogen) atoms. The Morgan fingerprint density at radius 1 is 0.281 bits per heavy atom. The molecule has 0 aromatic heterocycles. The minimum absolute atomic E-state index is 0.231. The first kappa shape index (κ1) is 37.6. The summed E-state index contributed by atoms with van der Waals surface area (Å²) in [5.74, 6) is 0. The van der Waals surface area contributed by atoms with Crippen molar-refractivity contribution in [2.24, 2.45) is 0 Å². The van der Waals surface area contributed by atoms with Gasteiger partial charge in [-0.05, 0) is 138 Å². The van der Waals surface area contributed by atoms with Gasteiger partial charge in [0.25, 0.3) is 0 Å². The quantitative estimate of drug-likeness (QED) is 0.171. The molecule has 2 heterocycles. The molecular formula is C62H52N2. The Labute approximate surface area is 377 Å². The van der Waals surface area contributed by atoms with Gasteiger partial charge in [-0.15, -0.1) is 0 Å². The number of hydrogen-bond donors (Lipinski definition) is 0. The predicted molar refractivity (Wildman–Crippen MR) is 270 cm³/mol. The molecule has 9 aromatic carbocycles. The Kier molecular flexibility index (Phi) is 7.30. The number of nitrogens with zero attached hydrogens (tertiary/aromatic N) is 2. The molecule has 0 bridgehead atoms. The van der Waals surface area contributed by atoms with Crippen LogP contribution >= 0.6 is 0 Å². The third kappa shape index (κ3) is 4.61. The molecule has 0 spiro atoms. The van der Waals surface area contributed by atoms with Crippen molar-refractivity contribution in [3.05, 3.63) is 214 Å². The molecule has 0 unspecified atom stereocenters. The van der Waals surface area contributed by atoms with E-state index in [-0.39, 0.29) is 21.7 Å². The highest BCUT2D eigenvalue weighted by molar-refractivity contribution is 6.16. The number of fused-ring (bicyclic) bond motifs is 10. The van der Waals surface area contributed by atoms with Crippen molar-refractivity contribution in [3.8, 4) is 22.3 Å². The normalized spacial score (nSPS) is 17.2. The van der Waals surface area contributed by atoms with E-state index in [2.05, 4.69) is 235 Å². The topological polar surface area (TPSA) is 6.48 Å². The lowest BCUT2D eigenvalue weighted by molar-refractivity contribution is 0.625. The monoisotopic (exact) mass is 824 g/mol. The molecule has 0 N–H and O–H groups in total. The number of anilines is 6. The van der Waals surface area contributed by atoms with Crippen LogP contribution < -0.4 is 9.80 Å². The second-order valence-electron chi connectivity index (χ2n) is 20.9. The molecule has 0 amide bonds. The third-order valence-electron chi connectivity index (χ3n) is 16.2. The zero-order valence-electron chi connectivity index (χ0n) is 38.1. The minimum Gasteiger partial charge on any atom is -0.309 e. The smallest absolute Gasteiger partial charge is 0.0581 e. The molecule has 13 rings (SSSR count). The van der Waals surface area contributed by atoms with Crippen LogP contribution in [0.5, 0.6) is 0 Å². The standard InChI is InChI=1S/C62H52N2/c1-59(2)45-27-15-17-31-53(45)63(37-21-11-9-12-22-37)57-39-25-19-29-47-55(39)43(35-51(57)59)41-33-50-42(34-49(41)61(47,5)6)44-36-52-58(40-26-20-30-48(56(40)44)62(50,7)8)64(38-23-13-10-14-24-38)54-32-18-16-28-46(54)60(52,3)4/h9-36H,1-8H3. The van der Waals surface area contributed by atoms with E-state index in [0.29, 0.717) is 0 Å². The Balaban J connectivity index is 1.11. The molecule has 0 saturated heterocycles. The van der Waals surface area contributed by atoms with E-state index in [1.807, 2.05) is 0 Å². The summed E-state index contributed by atoms with van der Waals surface area (Å²) in [6.07, 6.45) is 0. The lowest BCUT2D eigenvalue weighted by Gasteiger charge is -2.46. The van der Waals surface area contributed by atoms with Gasteiger partial charge in [0.15, 0.2) is 0 Å². The summed E-state index contributed by atoms with van der Waals surface area (Å²) in [4.78, 5) is 5.07. The van der Waals surface area contributed by atoms with Crippen LogP contribution in [0.1, 0.15) is 99.9 Å². The maximum Gasteiger partial charge on any atom is 0.0581 e. The molecule has 310 valence electrons. The zero-order valence-corrected chi connectivity index (χ0v) is 38.1. The van der Waals surface area contributed by atoms with E-state index in [0.717, 1.165) is 0 Å². The Morgan fingerprint density at radius 3 is 1.02 bits per heavy atom. The molecule has 2 heteroatoms. The van der Waals surface area contributed by atoms with E-state index in [9.17, 15) is 0 Å². The summed E-state index contributed by atoms with van der Waals surface area (Å²) < 4.78 is 0. The van der Waals surface area contributed by atoms with Gasteiger partial charge in [-0.1, -0.05) is 165 Å². The summed E-state index contributed by atoms with van der Waals surface area (Å²) in [6.45, 7) is 19.6. The van der Waals surface area contributed by atoms with Crippen molar-refractivity contribution >= 4 is 55.7 Å². The van der Waals surface area contributed by atoms with Crippen molar-refractivity contribution in [3.63, 3.8) is 0 Å². The van der Waals surface area contributed by atoms with Gasteiger partial charge in [0.2, 0.25) is 0 Å². The Hall–Kier alpha value is -6.90. The lowest BCUT2D eigenvalue weighted by Crippen LogP contribution is -2.33. The summed E-state index contributed by atoms with van der Waals surface area (Å²) in [5.41, 5.74) is 22.9. The van der Waals surface area contributed by atoms with Crippen LogP contribution in [0, 0.1) is 0 Å². The van der Waals surface area contributed by atoms with Gasteiger partial charge in [-0.25, -0.2) is 0 Å². The molecule has 2 aliphatic heterocycles. The number of para-hydroxylation sites is 4. The van der Waals surface area contributed by atoms with Gasteiger partial charge < -0.3 is 9.80 Å². The van der Waals surface area contributed by atoms with E-state index >= 15 is 0 Å². The summed E-state index contributed by atoms with van der Waals surface area (Å²) >= 11 is 0. The fourth-order valence-electron chi connectivity index (χ4n) is 12.8.